The molecule has 72 valence electrons. The van der Waals surface area contributed by atoms with E-state index in [1.165, 1.54) is 25.4 Å². The molecule has 1 saturated heterocycles. The Morgan fingerprint density at radius 1 is 1.67 bits per heavy atom. The van der Waals surface area contributed by atoms with Crippen molar-refractivity contribution < 1.29 is 0 Å². The molecular weight excluding hydrogens is 168 g/mol. The second kappa shape index (κ2) is 5.10. The molecule has 12 heavy (non-hydrogen) atoms. The highest BCUT2D eigenvalue weighted by Gasteiger charge is 2.17. The summed E-state index contributed by atoms with van der Waals surface area (Å²) >= 11 is 2.08. The van der Waals surface area contributed by atoms with Gasteiger partial charge in [0.05, 0.1) is 0 Å². The lowest BCUT2D eigenvalue weighted by molar-refractivity contribution is 0.250. The van der Waals surface area contributed by atoms with E-state index in [2.05, 4.69) is 30.5 Å². The van der Waals surface area contributed by atoms with Crippen LogP contribution in [-0.2, 0) is 0 Å². The van der Waals surface area contributed by atoms with E-state index in [0.717, 1.165) is 11.8 Å². The van der Waals surface area contributed by atoms with Gasteiger partial charge in [-0.15, -0.1) is 0 Å². The van der Waals surface area contributed by atoms with E-state index in [9.17, 15) is 0 Å². The maximum atomic E-state index is 5.59. The summed E-state index contributed by atoms with van der Waals surface area (Å²) in [7, 11) is 0. The number of hydrogen-bond acceptors (Lipinski definition) is 3. The van der Waals surface area contributed by atoms with E-state index < -0.39 is 0 Å². The SMILES string of the molecule is CC(CN)CN1CCSC(C)C1. The van der Waals surface area contributed by atoms with Gasteiger partial charge in [0.1, 0.15) is 0 Å². The molecule has 1 rings (SSSR count). The Balaban J connectivity index is 2.22. The van der Waals surface area contributed by atoms with E-state index in [-0.39, 0.29) is 0 Å². The van der Waals surface area contributed by atoms with Gasteiger partial charge in [0.25, 0.3) is 0 Å². The van der Waals surface area contributed by atoms with Gasteiger partial charge in [0.15, 0.2) is 0 Å². The molecule has 2 N–H and O–H groups in total. The normalized spacial score (nSPS) is 28.8. The Morgan fingerprint density at radius 2 is 2.42 bits per heavy atom. The fraction of sp³-hybridized carbons (Fsp3) is 1.00. The van der Waals surface area contributed by atoms with Crippen LogP contribution in [0.25, 0.3) is 0 Å². The molecule has 1 heterocycles. The zero-order chi connectivity index (χ0) is 8.97. The molecule has 0 aromatic rings. The van der Waals surface area contributed by atoms with Crippen molar-refractivity contribution >= 4 is 11.8 Å². The van der Waals surface area contributed by atoms with Gasteiger partial charge in [-0.3, -0.25) is 0 Å². The lowest BCUT2D eigenvalue weighted by Gasteiger charge is -2.32. The second-order valence-electron chi connectivity index (χ2n) is 3.78. The van der Waals surface area contributed by atoms with Crippen LogP contribution < -0.4 is 5.73 Å². The average molecular weight is 188 g/mol. The Labute approximate surface area is 79.9 Å². The summed E-state index contributed by atoms with van der Waals surface area (Å²) < 4.78 is 0. The van der Waals surface area contributed by atoms with Crippen LogP contribution in [0.4, 0.5) is 0 Å². The third kappa shape index (κ3) is 3.33. The lowest BCUT2D eigenvalue weighted by atomic mass is 10.1. The van der Waals surface area contributed by atoms with Gasteiger partial charge < -0.3 is 10.6 Å². The summed E-state index contributed by atoms with van der Waals surface area (Å²) in [6, 6.07) is 0. The van der Waals surface area contributed by atoms with Crippen LogP contribution in [0.15, 0.2) is 0 Å². The average Bonchev–Trinajstić information content (AvgIpc) is 2.04. The van der Waals surface area contributed by atoms with E-state index >= 15 is 0 Å². The molecule has 2 unspecified atom stereocenters. The van der Waals surface area contributed by atoms with Crippen LogP contribution in [-0.4, -0.2) is 42.1 Å². The second-order valence-corrected chi connectivity index (χ2v) is 5.33. The first-order valence-electron chi connectivity index (χ1n) is 4.76. The molecule has 2 nitrogen and oxygen atoms in total. The third-order valence-electron chi connectivity index (χ3n) is 2.30. The monoisotopic (exact) mass is 188 g/mol. The van der Waals surface area contributed by atoms with Crippen molar-refractivity contribution in [3.05, 3.63) is 0 Å². The number of nitrogens with two attached hydrogens (primary N) is 1. The molecule has 3 heteroatoms. The Morgan fingerprint density at radius 3 is 3.00 bits per heavy atom. The molecule has 2 atom stereocenters. The number of rotatable bonds is 3. The highest BCUT2D eigenvalue weighted by molar-refractivity contribution is 7.99. The van der Waals surface area contributed by atoms with Gasteiger partial charge in [-0.1, -0.05) is 13.8 Å². The Kier molecular flexibility index (Phi) is 4.40. The molecule has 0 spiro atoms. The first kappa shape index (κ1) is 10.4. The van der Waals surface area contributed by atoms with E-state index in [4.69, 9.17) is 5.73 Å². The van der Waals surface area contributed by atoms with Crippen molar-refractivity contribution in [1.29, 1.82) is 0 Å². The van der Waals surface area contributed by atoms with Gasteiger partial charge >= 0.3 is 0 Å². The predicted molar refractivity (Wildman–Crippen MR) is 56.6 cm³/mol. The summed E-state index contributed by atoms with van der Waals surface area (Å²) in [5.41, 5.74) is 5.59. The molecule has 0 amide bonds. The Hall–Kier alpha value is 0.270. The van der Waals surface area contributed by atoms with Gasteiger partial charge in [-0.2, -0.15) is 11.8 Å². The fourth-order valence-corrected chi connectivity index (χ4v) is 2.65. The topological polar surface area (TPSA) is 29.3 Å². The maximum Gasteiger partial charge on any atom is 0.0147 e. The predicted octanol–water partition coefficient (Wildman–Crippen LogP) is 1.02. The van der Waals surface area contributed by atoms with Crippen molar-refractivity contribution in [2.24, 2.45) is 11.7 Å². The van der Waals surface area contributed by atoms with E-state index in [1.807, 2.05) is 0 Å². The Bertz CT molecular complexity index is 130. The smallest absolute Gasteiger partial charge is 0.0147 e. The van der Waals surface area contributed by atoms with Crippen LogP contribution in [0, 0.1) is 5.92 Å². The lowest BCUT2D eigenvalue weighted by Crippen LogP contribution is -2.40. The summed E-state index contributed by atoms with van der Waals surface area (Å²) in [4.78, 5) is 2.54. The summed E-state index contributed by atoms with van der Waals surface area (Å²) in [5.74, 6) is 1.94. The zero-order valence-corrected chi connectivity index (χ0v) is 8.94. The van der Waals surface area contributed by atoms with Gasteiger partial charge in [-0.05, 0) is 12.5 Å². The first-order chi connectivity index (χ1) is 5.72. The molecule has 0 aliphatic carbocycles. The van der Waals surface area contributed by atoms with Crippen LogP contribution in [0.5, 0.6) is 0 Å². The van der Waals surface area contributed by atoms with Gasteiger partial charge in [0.2, 0.25) is 0 Å². The highest BCUT2D eigenvalue weighted by Crippen LogP contribution is 2.18. The molecule has 0 bridgehead atoms. The number of nitrogens with zero attached hydrogens (tertiary/aromatic N) is 1. The first-order valence-corrected chi connectivity index (χ1v) is 5.81. The van der Waals surface area contributed by atoms with Crippen molar-refractivity contribution in [2.45, 2.75) is 19.1 Å². The van der Waals surface area contributed by atoms with Gasteiger partial charge in [-0.25, -0.2) is 0 Å². The van der Waals surface area contributed by atoms with Crippen molar-refractivity contribution in [3.63, 3.8) is 0 Å². The van der Waals surface area contributed by atoms with Crippen molar-refractivity contribution in [2.75, 3.05) is 31.9 Å². The van der Waals surface area contributed by atoms with Crippen molar-refractivity contribution in [1.82, 2.24) is 4.90 Å². The standard InChI is InChI=1S/C9H20N2S/c1-8(5-10)6-11-3-4-12-9(2)7-11/h8-9H,3-7,10H2,1-2H3. The molecule has 1 aliphatic heterocycles. The summed E-state index contributed by atoms with van der Waals surface area (Å²) in [5, 5.41) is 0.809. The maximum absolute atomic E-state index is 5.59. The largest absolute Gasteiger partial charge is 0.330 e. The minimum Gasteiger partial charge on any atom is -0.330 e. The van der Waals surface area contributed by atoms with Crippen LogP contribution in [0.2, 0.25) is 0 Å². The molecule has 1 aliphatic rings. The molecular formula is C9H20N2S. The van der Waals surface area contributed by atoms with Crippen LogP contribution in [0.3, 0.4) is 0 Å². The van der Waals surface area contributed by atoms with Crippen molar-refractivity contribution in [3.8, 4) is 0 Å². The van der Waals surface area contributed by atoms with E-state index in [0.29, 0.717) is 5.92 Å². The molecule has 0 aromatic carbocycles. The zero-order valence-electron chi connectivity index (χ0n) is 8.12. The molecule has 1 fully saturated rings. The van der Waals surface area contributed by atoms with Crippen LogP contribution >= 0.6 is 11.8 Å². The highest BCUT2D eigenvalue weighted by atomic mass is 32.2. The molecule has 0 aromatic heterocycles. The quantitative estimate of drug-likeness (QED) is 0.717. The summed E-state index contributed by atoms with van der Waals surface area (Å²) in [6.45, 7) is 9.03. The minimum atomic E-state index is 0.653. The molecule has 0 saturated carbocycles. The third-order valence-corrected chi connectivity index (χ3v) is 3.43. The number of thioether (sulfide) groups is 1. The van der Waals surface area contributed by atoms with Crippen LogP contribution in [0.1, 0.15) is 13.8 Å². The number of hydrogen-bond donors (Lipinski definition) is 1. The van der Waals surface area contributed by atoms with Gasteiger partial charge in [0, 0.05) is 30.6 Å². The minimum absolute atomic E-state index is 0.653. The summed E-state index contributed by atoms with van der Waals surface area (Å²) in [6.07, 6.45) is 0. The fourth-order valence-electron chi connectivity index (χ4n) is 1.57. The van der Waals surface area contributed by atoms with E-state index in [1.54, 1.807) is 0 Å². The molecule has 0 radical (unpaired) electrons.